The van der Waals surface area contributed by atoms with Crippen LogP contribution in [-0.4, -0.2) is 16.2 Å². The molecule has 0 aromatic heterocycles. The van der Waals surface area contributed by atoms with Gasteiger partial charge in [0.05, 0.1) is 21.3 Å². The second-order valence-electron chi connectivity index (χ2n) is 4.81. The van der Waals surface area contributed by atoms with Crippen molar-refractivity contribution in [2.24, 2.45) is 5.10 Å². The summed E-state index contributed by atoms with van der Waals surface area (Å²) in [6, 6.07) is 5.83. The van der Waals surface area contributed by atoms with Crippen LogP contribution < -0.4 is 5.43 Å². The summed E-state index contributed by atoms with van der Waals surface area (Å²) >= 11 is 9.51. The Labute approximate surface area is 146 Å². The number of halogens is 2. The molecule has 0 atom stereocenters. The lowest BCUT2D eigenvalue weighted by Crippen LogP contribution is -1.97. The van der Waals surface area contributed by atoms with E-state index in [4.69, 9.17) is 11.6 Å². The number of rotatable bonds is 4. The van der Waals surface area contributed by atoms with E-state index in [0.29, 0.717) is 26.3 Å². The van der Waals surface area contributed by atoms with Gasteiger partial charge in [-0.05, 0) is 53.0 Å². The molecule has 0 spiro atoms. The molecule has 0 heterocycles. The maximum atomic E-state index is 10.6. The van der Waals surface area contributed by atoms with Crippen molar-refractivity contribution in [3.05, 3.63) is 60.6 Å². The molecule has 0 bridgehead atoms. The van der Waals surface area contributed by atoms with E-state index in [2.05, 4.69) is 26.5 Å². The van der Waals surface area contributed by atoms with Crippen LogP contribution in [0.4, 0.5) is 11.4 Å². The fraction of sp³-hybridized carbons (Fsp3) is 0.133. The fourth-order valence-electron chi connectivity index (χ4n) is 1.96. The van der Waals surface area contributed by atoms with Gasteiger partial charge in [-0.15, -0.1) is 0 Å². The molecule has 2 aromatic carbocycles. The topological polar surface area (TPSA) is 87.8 Å². The van der Waals surface area contributed by atoms with Crippen LogP contribution in [0.5, 0.6) is 5.75 Å². The van der Waals surface area contributed by atoms with Gasteiger partial charge < -0.3 is 5.11 Å². The van der Waals surface area contributed by atoms with Crippen molar-refractivity contribution in [1.29, 1.82) is 0 Å². The van der Waals surface area contributed by atoms with E-state index < -0.39 is 4.92 Å². The van der Waals surface area contributed by atoms with E-state index in [-0.39, 0.29) is 11.4 Å². The normalized spacial score (nSPS) is 11.0. The van der Waals surface area contributed by atoms with Gasteiger partial charge in [-0.2, -0.15) is 5.10 Å². The molecule has 2 rings (SSSR count). The number of phenols is 1. The number of nitrogens with one attached hydrogen (secondary N) is 1. The number of aromatic hydroxyl groups is 1. The fourth-order valence-corrected chi connectivity index (χ4v) is 2.68. The summed E-state index contributed by atoms with van der Waals surface area (Å²) in [5.41, 5.74) is 5.28. The summed E-state index contributed by atoms with van der Waals surface area (Å²) < 4.78 is 0.518. The van der Waals surface area contributed by atoms with Gasteiger partial charge in [0, 0.05) is 22.7 Å². The average molecular weight is 399 g/mol. The molecule has 8 heteroatoms. The minimum absolute atomic E-state index is 0.00210. The molecule has 0 aliphatic carbocycles. The van der Waals surface area contributed by atoms with Crippen LogP contribution in [0, 0.1) is 24.0 Å². The number of nitrogens with zero attached hydrogens (tertiary/aromatic N) is 2. The second kappa shape index (κ2) is 6.97. The van der Waals surface area contributed by atoms with Crippen LogP contribution in [0.25, 0.3) is 0 Å². The first-order chi connectivity index (χ1) is 10.8. The van der Waals surface area contributed by atoms with Gasteiger partial charge in [-0.25, -0.2) is 0 Å². The third-order valence-corrected chi connectivity index (χ3v) is 4.86. The highest BCUT2D eigenvalue weighted by atomic mass is 79.9. The SMILES string of the molecule is Cc1c(Cl)c(C)c(/C=N\Nc2ccc([N+](=O)[O-])cc2)c(O)c1Br. The van der Waals surface area contributed by atoms with E-state index >= 15 is 0 Å². The number of hydrogen-bond donors (Lipinski definition) is 2. The molecule has 23 heavy (non-hydrogen) atoms. The Morgan fingerprint density at radius 3 is 2.48 bits per heavy atom. The Bertz CT molecular complexity index is 763. The van der Waals surface area contributed by atoms with Crippen LogP contribution in [-0.2, 0) is 0 Å². The van der Waals surface area contributed by atoms with E-state index in [9.17, 15) is 15.2 Å². The first-order valence-corrected chi connectivity index (χ1v) is 7.70. The zero-order valence-electron chi connectivity index (χ0n) is 12.3. The van der Waals surface area contributed by atoms with Gasteiger partial charge >= 0.3 is 0 Å². The van der Waals surface area contributed by atoms with Crippen LogP contribution in [0.1, 0.15) is 16.7 Å². The van der Waals surface area contributed by atoms with E-state index in [1.165, 1.54) is 18.3 Å². The summed E-state index contributed by atoms with van der Waals surface area (Å²) in [4.78, 5) is 10.1. The van der Waals surface area contributed by atoms with Crippen LogP contribution in [0.3, 0.4) is 0 Å². The lowest BCUT2D eigenvalue weighted by Gasteiger charge is -2.12. The lowest BCUT2D eigenvalue weighted by molar-refractivity contribution is -0.384. The molecule has 2 N–H and O–H groups in total. The number of nitro benzene ring substituents is 1. The van der Waals surface area contributed by atoms with Crippen molar-refractivity contribution in [2.75, 3.05) is 5.43 Å². The van der Waals surface area contributed by atoms with Gasteiger partial charge in [0.15, 0.2) is 0 Å². The zero-order chi connectivity index (χ0) is 17.1. The molecule has 0 saturated carbocycles. The summed E-state index contributed by atoms with van der Waals surface area (Å²) in [5, 5.41) is 25.4. The summed E-state index contributed by atoms with van der Waals surface area (Å²) in [7, 11) is 0. The van der Waals surface area contributed by atoms with Gasteiger partial charge in [-0.3, -0.25) is 15.5 Å². The van der Waals surface area contributed by atoms with Crippen molar-refractivity contribution in [2.45, 2.75) is 13.8 Å². The summed E-state index contributed by atoms with van der Waals surface area (Å²) in [5.74, 6) is 0.0543. The average Bonchev–Trinajstić information content (AvgIpc) is 2.54. The Hall–Kier alpha value is -2.12. The van der Waals surface area contributed by atoms with Crippen LogP contribution in [0.15, 0.2) is 33.8 Å². The quantitative estimate of drug-likeness (QED) is 0.441. The Morgan fingerprint density at radius 1 is 1.30 bits per heavy atom. The second-order valence-corrected chi connectivity index (χ2v) is 5.99. The maximum Gasteiger partial charge on any atom is 0.269 e. The van der Waals surface area contributed by atoms with E-state index in [1.54, 1.807) is 26.0 Å². The number of hydrogen-bond acceptors (Lipinski definition) is 5. The molecule has 0 saturated heterocycles. The van der Waals surface area contributed by atoms with Gasteiger partial charge in [-0.1, -0.05) is 11.6 Å². The van der Waals surface area contributed by atoms with Crippen molar-refractivity contribution >= 4 is 45.1 Å². The predicted molar refractivity (Wildman–Crippen MR) is 94.6 cm³/mol. The monoisotopic (exact) mass is 397 g/mol. The van der Waals surface area contributed by atoms with Gasteiger partial charge in [0.25, 0.3) is 5.69 Å². The smallest absolute Gasteiger partial charge is 0.269 e. The Morgan fingerprint density at radius 2 is 1.91 bits per heavy atom. The highest BCUT2D eigenvalue weighted by Gasteiger charge is 2.15. The minimum atomic E-state index is -0.472. The number of hydrazone groups is 1. The van der Waals surface area contributed by atoms with Crippen molar-refractivity contribution in [3.63, 3.8) is 0 Å². The number of non-ortho nitro benzene ring substituents is 1. The molecule has 6 nitrogen and oxygen atoms in total. The number of benzene rings is 2. The van der Waals surface area contributed by atoms with Gasteiger partial charge in [0.1, 0.15) is 5.75 Å². The third kappa shape index (κ3) is 3.62. The molecule has 0 aliphatic heterocycles. The summed E-state index contributed by atoms with van der Waals surface area (Å²) in [6.07, 6.45) is 1.45. The van der Waals surface area contributed by atoms with Crippen molar-refractivity contribution in [3.8, 4) is 5.75 Å². The third-order valence-electron chi connectivity index (χ3n) is 3.32. The maximum absolute atomic E-state index is 10.6. The Balaban J connectivity index is 2.23. The molecule has 0 aliphatic rings. The van der Waals surface area contributed by atoms with E-state index in [1.807, 2.05) is 0 Å². The standard InChI is InChI=1S/C15H13BrClN3O3/c1-8-12(15(21)13(16)9(2)14(8)17)7-18-19-10-3-5-11(6-4-10)20(22)23/h3-7,19,21H,1-2H3/b18-7-. The molecule has 2 aromatic rings. The molecular formula is C15H13BrClN3O3. The zero-order valence-corrected chi connectivity index (χ0v) is 14.6. The molecular weight excluding hydrogens is 386 g/mol. The number of nitro groups is 1. The molecule has 0 unspecified atom stereocenters. The highest BCUT2D eigenvalue weighted by molar-refractivity contribution is 9.10. The van der Waals surface area contributed by atoms with Crippen LogP contribution in [0.2, 0.25) is 5.02 Å². The largest absolute Gasteiger partial charge is 0.506 e. The predicted octanol–water partition coefficient (Wildman–Crippen LogP) is 4.78. The van der Waals surface area contributed by atoms with Crippen molar-refractivity contribution in [1.82, 2.24) is 0 Å². The highest BCUT2D eigenvalue weighted by Crippen LogP contribution is 2.38. The molecule has 0 amide bonds. The minimum Gasteiger partial charge on any atom is -0.506 e. The first kappa shape index (κ1) is 17.2. The van der Waals surface area contributed by atoms with Crippen molar-refractivity contribution < 1.29 is 10.0 Å². The summed E-state index contributed by atoms with van der Waals surface area (Å²) in [6.45, 7) is 3.59. The van der Waals surface area contributed by atoms with Gasteiger partial charge in [0.2, 0.25) is 0 Å². The Kier molecular flexibility index (Phi) is 5.23. The lowest BCUT2D eigenvalue weighted by atomic mass is 10.1. The number of phenolic OH excluding ortho intramolecular Hbond substituents is 1. The molecule has 0 radical (unpaired) electrons. The first-order valence-electron chi connectivity index (χ1n) is 6.53. The molecule has 120 valence electrons. The van der Waals surface area contributed by atoms with Crippen LogP contribution >= 0.6 is 27.5 Å². The number of anilines is 1. The molecule has 0 fully saturated rings. The van der Waals surface area contributed by atoms with E-state index in [0.717, 1.165) is 5.56 Å².